The van der Waals surface area contributed by atoms with Gasteiger partial charge in [-0.05, 0) is 59.8 Å². The Kier molecular flexibility index (Phi) is 8.94. The number of fused-ring (bicyclic) bond motifs is 2. The lowest BCUT2D eigenvalue weighted by molar-refractivity contribution is 0.0773. The standard InChI is InChI=1S/C28H29ClN6OS/c1-2-3-15-35(16-14-30)27(36)21-17-24(29)26(31-18-21)33-34-28(37)32-25-22-10-6-4-8-19(22)12-13-20-9-5-7-11-23(20)25/h4-11,17-18,25H,2-3,12-13,15-16H2,1H3,(H,31,33)(H2,32,34,37). The average Bonchev–Trinajstić information content (AvgIpc) is 3.07. The zero-order valence-electron chi connectivity index (χ0n) is 20.6. The summed E-state index contributed by atoms with van der Waals surface area (Å²) < 4.78 is 0. The van der Waals surface area contributed by atoms with Crippen molar-refractivity contribution in [2.24, 2.45) is 0 Å². The molecule has 1 amide bonds. The Morgan fingerprint density at radius 3 is 2.41 bits per heavy atom. The lowest BCUT2D eigenvalue weighted by Crippen LogP contribution is -2.41. The van der Waals surface area contributed by atoms with Crippen molar-refractivity contribution in [3.8, 4) is 6.07 Å². The molecule has 190 valence electrons. The predicted molar refractivity (Wildman–Crippen MR) is 150 cm³/mol. The molecule has 1 heterocycles. The number of unbranched alkanes of at least 4 members (excludes halogenated alkanes) is 1. The summed E-state index contributed by atoms with van der Waals surface area (Å²) in [7, 11) is 0. The number of nitrogens with zero attached hydrogens (tertiary/aromatic N) is 3. The van der Waals surface area contributed by atoms with Crippen LogP contribution in [0.4, 0.5) is 5.82 Å². The first-order valence-corrected chi connectivity index (χ1v) is 13.1. The number of aromatic nitrogens is 1. The molecule has 0 atom stereocenters. The van der Waals surface area contributed by atoms with Crippen LogP contribution in [0.1, 0.15) is 58.4 Å². The van der Waals surface area contributed by atoms with Crippen molar-refractivity contribution in [2.75, 3.05) is 18.5 Å². The number of nitriles is 1. The number of carbonyl (C=O) groups excluding carboxylic acids is 1. The molecule has 0 bridgehead atoms. The molecular weight excluding hydrogens is 504 g/mol. The second-order valence-corrected chi connectivity index (χ2v) is 9.66. The van der Waals surface area contributed by atoms with Crippen molar-refractivity contribution >= 4 is 40.7 Å². The molecule has 4 rings (SSSR count). The van der Waals surface area contributed by atoms with E-state index in [0.717, 1.165) is 25.7 Å². The molecule has 0 unspecified atom stereocenters. The summed E-state index contributed by atoms with van der Waals surface area (Å²) >= 11 is 12.0. The summed E-state index contributed by atoms with van der Waals surface area (Å²) in [6.07, 6.45) is 5.13. The second-order valence-electron chi connectivity index (χ2n) is 8.85. The van der Waals surface area contributed by atoms with Crippen molar-refractivity contribution in [3.05, 3.63) is 93.6 Å². The number of anilines is 1. The van der Waals surface area contributed by atoms with Crippen LogP contribution in [0.2, 0.25) is 5.02 Å². The van der Waals surface area contributed by atoms with Gasteiger partial charge in [0.25, 0.3) is 5.91 Å². The highest BCUT2D eigenvalue weighted by Gasteiger charge is 2.24. The van der Waals surface area contributed by atoms with Crippen molar-refractivity contribution in [1.29, 1.82) is 5.26 Å². The number of pyridine rings is 1. The number of aryl methyl sites for hydroxylation is 2. The van der Waals surface area contributed by atoms with Crippen LogP contribution in [0.25, 0.3) is 0 Å². The molecule has 0 spiro atoms. The van der Waals surface area contributed by atoms with Gasteiger partial charge in [0, 0.05) is 12.7 Å². The van der Waals surface area contributed by atoms with Gasteiger partial charge in [0.05, 0.1) is 22.7 Å². The summed E-state index contributed by atoms with van der Waals surface area (Å²) in [4.78, 5) is 18.6. The SMILES string of the molecule is CCCCN(CC#N)C(=O)c1cnc(NNC(=S)NC2c3ccccc3CCc3ccccc32)c(Cl)c1. The van der Waals surface area contributed by atoms with Gasteiger partial charge < -0.3 is 10.2 Å². The molecule has 3 N–H and O–H groups in total. The maximum atomic E-state index is 12.8. The van der Waals surface area contributed by atoms with Crippen molar-refractivity contribution < 1.29 is 4.79 Å². The van der Waals surface area contributed by atoms with E-state index in [-0.39, 0.29) is 23.5 Å². The number of halogens is 1. The summed E-state index contributed by atoms with van der Waals surface area (Å²) in [5.74, 6) is 0.0659. The van der Waals surface area contributed by atoms with Crippen molar-refractivity contribution in [1.82, 2.24) is 20.6 Å². The molecule has 7 nitrogen and oxygen atoms in total. The number of hydrazine groups is 1. The molecule has 1 aromatic heterocycles. The van der Waals surface area contributed by atoms with Crippen LogP contribution in [-0.2, 0) is 12.8 Å². The maximum Gasteiger partial charge on any atom is 0.256 e. The lowest BCUT2D eigenvalue weighted by Gasteiger charge is -2.24. The molecule has 0 fully saturated rings. The molecule has 1 aliphatic carbocycles. The van der Waals surface area contributed by atoms with Crippen LogP contribution >= 0.6 is 23.8 Å². The van der Waals surface area contributed by atoms with Crippen LogP contribution in [0.3, 0.4) is 0 Å². The molecule has 3 aromatic rings. The molecule has 0 aliphatic heterocycles. The first-order chi connectivity index (χ1) is 18.0. The minimum absolute atomic E-state index is 0.0192. The van der Waals surface area contributed by atoms with E-state index in [9.17, 15) is 4.79 Å². The molecule has 2 aromatic carbocycles. The number of benzene rings is 2. The van der Waals surface area contributed by atoms with E-state index < -0.39 is 0 Å². The third kappa shape index (κ3) is 6.37. The zero-order valence-corrected chi connectivity index (χ0v) is 22.2. The van der Waals surface area contributed by atoms with E-state index in [2.05, 4.69) is 57.6 Å². The Labute approximate surface area is 227 Å². The van der Waals surface area contributed by atoms with Gasteiger partial charge in [0.2, 0.25) is 0 Å². The van der Waals surface area contributed by atoms with Crippen LogP contribution in [-0.4, -0.2) is 34.0 Å². The van der Waals surface area contributed by atoms with E-state index in [1.165, 1.54) is 33.4 Å². The van der Waals surface area contributed by atoms with Crippen LogP contribution < -0.4 is 16.2 Å². The van der Waals surface area contributed by atoms with Gasteiger partial charge in [0.1, 0.15) is 6.54 Å². The Hall–Kier alpha value is -3.67. The van der Waals surface area contributed by atoms with Crippen LogP contribution in [0.15, 0.2) is 60.8 Å². The second kappa shape index (κ2) is 12.5. The van der Waals surface area contributed by atoms with Gasteiger partial charge in [-0.2, -0.15) is 5.26 Å². The minimum Gasteiger partial charge on any atom is -0.350 e. The van der Waals surface area contributed by atoms with Crippen LogP contribution in [0.5, 0.6) is 0 Å². The quantitative estimate of drug-likeness (QED) is 0.209. The molecule has 9 heteroatoms. The fourth-order valence-electron chi connectivity index (χ4n) is 4.48. The van der Waals surface area contributed by atoms with E-state index in [0.29, 0.717) is 23.0 Å². The fraction of sp³-hybridized carbons (Fsp3) is 0.286. The first-order valence-electron chi connectivity index (χ1n) is 12.3. The van der Waals surface area contributed by atoms with Gasteiger partial charge in [-0.15, -0.1) is 0 Å². The number of hydrogen-bond donors (Lipinski definition) is 3. The number of amides is 1. The predicted octanol–water partition coefficient (Wildman–Crippen LogP) is 5.18. The fourth-order valence-corrected chi connectivity index (χ4v) is 4.86. The van der Waals surface area contributed by atoms with Gasteiger partial charge in [0.15, 0.2) is 10.9 Å². The summed E-state index contributed by atoms with van der Waals surface area (Å²) in [5, 5.41) is 13.2. The Morgan fingerprint density at radius 1 is 1.16 bits per heavy atom. The number of nitrogens with one attached hydrogen (secondary N) is 3. The Balaban J connectivity index is 1.45. The number of rotatable bonds is 8. The maximum absolute atomic E-state index is 12.8. The highest BCUT2D eigenvalue weighted by molar-refractivity contribution is 7.80. The normalized spacial score (nSPS) is 12.4. The molecular formula is C28H29ClN6OS. The van der Waals surface area contributed by atoms with Crippen LogP contribution in [0, 0.1) is 11.3 Å². The van der Waals surface area contributed by atoms with Crippen molar-refractivity contribution in [3.63, 3.8) is 0 Å². The third-order valence-electron chi connectivity index (χ3n) is 6.38. The summed E-state index contributed by atoms with van der Waals surface area (Å²) in [6.45, 7) is 2.56. The van der Waals surface area contributed by atoms with Gasteiger partial charge in [-0.3, -0.25) is 15.6 Å². The molecule has 0 saturated carbocycles. The van der Waals surface area contributed by atoms with Gasteiger partial charge in [-0.1, -0.05) is 73.5 Å². The van der Waals surface area contributed by atoms with E-state index in [4.69, 9.17) is 29.1 Å². The minimum atomic E-state index is -0.271. The Bertz CT molecular complexity index is 1280. The van der Waals surface area contributed by atoms with E-state index in [1.807, 2.05) is 25.1 Å². The summed E-state index contributed by atoms with van der Waals surface area (Å²) in [6, 6.07) is 20.3. The van der Waals surface area contributed by atoms with Gasteiger partial charge in [-0.25, -0.2) is 4.98 Å². The molecule has 0 saturated heterocycles. The lowest BCUT2D eigenvalue weighted by atomic mass is 9.95. The average molecular weight is 533 g/mol. The van der Waals surface area contributed by atoms with E-state index >= 15 is 0 Å². The highest BCUT2D eigenvalue weighted by atomic mass is 35.5. The zero-order chi connectivity index (χ0) is 26.2. The first kappa shape index (κ1) is 26.4. The third-order valence-corrected chi connectivity index (χ3v) is 6.89. The monoisotopic (exact) mass is 532 g/mol. The molecule has 0 radical (unpaired) electrons. The smallest absolute Gasteiger partial charge is 0.256 e. The van der Waals surface area contributed by atoms with E-state index in [1.54, 1.807) is 6.07 Å². The number of thiocarbonyl (C=S) groups is 1. The highest BCUT2D eigenvalue weighted by Crippen LogP contribution is 2.32. The summed E-state index contributed by atoms with van der Waals surface area (Å²) in [5.41, 5.74) is 11.2. The molecule has 37 heavy (non-hydrogen) atoms. The number of carbonyl (C=O) groups is 1. The van der Waals surface area contributed by atoms with Crippen molar-refractivity contribution in [2.45, 2.75) is 38.6 Å². The largest absolute Gasteiger partial charge is 0.350 e. The topological polar surface area (TPSA) is 93.1 Å². The Morgan fingerprint density at radius 2 is 1.81 bits per heavy atom. The van der Waals surface area contributed by atoms with Gasteiger partial charge >= 0.3 is 0 Å². The molecule has 1 aliphatic rings. The number of hydrogen-bond acceptors (Lipinski definition) is 5.